The Hall–Kier alpha value is -1.10. The summed E-state index contributed by atoms with van der Waals surface area (Å²) in [6.07, 6.45) is 1.45. The lowest BCUT2D eigenvalue weighted by atomic mass is 9.92. The third-order valence-corrected chi connectivity index (χ3v) is 3.80. The third-order valence-electron chi connectivity index (χ3n) is 3.80. The molecule has 19 heavy (non-hydrogen) atoms. The summed E-state index contributed by atoms with van der Waals surface area (Å²) in [7, 11) is 1.63. The summed E-state index contributed by atoms with van der Waals surface area (Å²) in [5.41, 5.74) is 0.945. The molecule has 0 aromatic heterocycles. The molecule has 106 valence electrons. The van der Waals surface area contributed by atoms with E-state index in [9.17, 15) is 5.11 Å². The highest BCUT2D eigenvalue weighted by molar-refractivity contribution is 5.29. The molecule has 1 aliphatic rings. The number of ether oxygens (including phenoxy) is 2. The average molecular weight is 265 g/mol. The first kappa shape index (κ1) is 14.3. The molecule has 1 saturated heterocycles. The van der Waals surface area contributed by atoms with Crippen molar-refractivity contribution in [2.24, 2.45) is 0 Å². The molecule has 0 spiro atoms. The first-order valence-electron chi connectivity index (χ1n) is 6.78. The van der Waals surface area contributed by atoms with Crippen LogP contribution in [0.25, 0.3) is 0 Å². The Morgan fingerprint density at radius 3 is 2.84 bits per heavy atom. The largest absolute Gasteiger partial charge is 0.497 e. The van der Waals surface area contributed by atoms with Gasteiger partial charge in [0.2, 0.25) is 0 Å². The molecule has 1 heterocycles. The lowest BCUT2D eigenvalue weighted by Gasteiger charge is -2.35. The third kappa shape index (κ3) is 3.93. The van der Waals surface area contributed by atoms with E-state index in [2.05, 4.69) is 12.2 Å². The molecule has 0 saturated carbocycles. The van der Waals surface area contributed by atoms with Crippen molar-refractivity contribution < 1.29 is 14.6 Å². The van der Waals surface area contributed by atoms with Crippen LogP contribution < -0.4 is 10.1 Å². The number of hydrogen-bond acceptors (Lipinski definition) is 4. The summed E-state index contributed by atoms with van der Waals surface area (Å²) in [6.45, 7) is 4.31. The lowest BCUT2D eigenvalue weighted by molar-refractivity contribution is 0.0388. The molecule has 0 bridgehead atoms. The minimum Gasteiger partial charge on any atom is -0.497 e. The van der Waals surface area contributed by atoms with Crippen molar-refractivity contribution in [3.63, 3.8) is 0 Å². The van der Waals surface area contributed by atoms with E-state index in [0.717, 1.165) is 37.4 Å². The van der Waals surface area contributed by atoms with Gasteiger partial charge in [-0.05, 0) is 37.5 Å². The van der Waals surface area contributed by atoms with E-state index in [0.29, 0.717) is 6.54 Å². The standard InChI is InChI=1S/C15H23NO3/c1-15(6-8-19-9-7-15)16-11-14(17)12-4-3-5-13(10-12)18-2/h3-5,10,14,16-17H,6-9,11H2,1-2H3. The van der Waals surface area contributed by atoms with E-state index in [1.54, 1.807) is 7.11 Å². The summed E-state index contributed by atoms with van der Waals surface area (Å²) in [5.74, 6) is 0.772. The van der Waals surface area contributed by atoms with Gasteiger partial charge in [0, 0.05) is 25.3 Å². The highest BCUT2D eigenvalue weighted by atomic mass is 16.5. The van der Waals surface area contributed by atoms with Crippen molar-refractivity contribution in [1.82, 2.24) is 5.32 Å². The van der Waals surface area contributed by atoms with Crippen LogP contribution in [0.4, 0.5) is 0 Å². The fourth-order valence-corrected chi connectivity index (χ4v) is 2.31. The predicted molar refractivity (Wildman–Crippen MR) is 74.4 cm³/mol. The molecule has 1 aliphatic heterocycles. The Morgan fingerprint density at radius 1 is 1.42 bits per heavy atom. The van der Waals surface area contributed by atoms with Crippen molar-refractivity contribution in [2.75, 3.05) is 26.9 Å². The van der Waals surface area contributed by atoms with Gasteiger partial charge in [0.1, 0.15) is 5.75 Å². The predicted octanol–water partition coefficient (Wildman–Crippen LogP) is 1.89. The van der Waals surface area contributed by atoms with Crippen LogP contribution in [0.1, 0.15) is 31.4 Å². The molecule has 4 heteroatoms. The molecule has 1 aromatic rings. The molecule has 1 fully saturated rings. The molecule has 1 atom stereocenters. The second-order valence-corrected chi connectivity index (χ2v) is 5.35. The Bertz CT molecular complexity index is 402. The fourth-order valence-electron chi connectivity index (χ4n) is 2.31. The number of rotatable bonds is 5. The fraction of sp³-hybridized carbons (Fsp3) is 0.600. The van der Waals surface area contributed by atoms with E-state index in [4.69, 9.17) is 9.47 Å². The van der Waals surface area contributed by atoms with Crippen molar-refractivity contribution in [2.45, 2.75) is 31.4 Å². The number of β-amino-alcohol motifs (C(OH)–C–C–N with tert-alkyl or cyclic N) is 1. The van der Waals surface area contributed by atoms with E-state index in [-0.39, 0.29) is 5.54 Å². The summed E-state index contributed by atoms with van der Waals surface area (Å²) in [6, 6.07) is 7.57. The summed E-state index contributed by atoms with van der Waals surface area (Å²) in [4.78, 5) is 0. The number of methoxy groups -OCH3 is 1. The number of hydrogen-bond donors (Lipinski definition) is 2. The van der Waals surface area contributed by atoms with Gasteiger partial charge in [-0.25, -0.2) is 0 Å². The highest BCUT2D eigenvalue weighted by Gasteiger charge is 2.27. The van der Waals surface area contributed by atoms with Crippen LogP contribution in [-0.2, 0) is 4.74 Å². The van der Waals surface area contributed by atoms with Crippen LogP contribution >= 0.6 is 0 Å². The smallest absolute Gasteiger partial charge is 0.119 e. The maximum Gasteiger partial charge on any atom is 0.119 e. The second-order valence-electron chi connectivity index (χ2n) is 5.35. The van der Waals surface area contributed by atoms with Crippen molar-refractivity contribution in [3.05, 3.63) is 29.8 Å². The van der Waals surface area contributed by atoms with Gasteiger partial charge in [0.15, 0.2) is 0 Å². The minimum absolute atomic E-state index is 0.0676. The molecule has 2 rings (SSSR count). The molecule has 0 aliphatic carbocycles. The zero-order valence-electron chi connectivity index (χ0n) is 11.7. The van der Waals surface area contributed by atoms with Gasteiger partial charge in [-0.15, -0.1) is 0 Å². The molecule has 0 amide bonds. The van der Waals surface area contributed by atoms with Crippen LogP contribution in [0.15, 0.2) is 24.3 Å². The molecular formula is C15H23NO3. The maximum absolute atomic E-state index is 10.2. The monoisotopic (exact) mass is 265 g/mol. The quantitative estimate of drug-likeness (QED) is 0.853. The van der Waals surface area contributed by atoms with E-state index >= 15 is 0 Å². The minimum atomic E-state index is -0.519. The Labute approximate surface area is 114 Å². The summed E-state index contributed by atoms with van der Waals surface area (Å²) < 4.78 is 10.5. The van der Waals surface area contributed by atoms with Gasteiger partial charge >= 0.3 is 0 Å². The average Bonchev–Trinajstić information content (AvgIpc) is 2.46. The van der Waals surface area contributed by atoms with Crippen LogP contribution in [-0.4, -0.2) is 37.5 Å². The Balaban J connectivity index is 1.91. The van der Waals surface area contributed by atoms with Gasteiger partial charge < -0.3 is 19.9 Å². The van der Waals surface area contributed by atoms with E-state index < -0.39 is 6.10 Å². The molecule has 4 nitrogen and oxygen atoms in total. The van der Waals surface area contributed by atoms with Crippen molar-refractivity contribution >= 4 is 0 Å². The first-order chi connectivity index (χ1) is 9.13. The van der Waals surface area contributed by atoms with Crippen LogP contribution in [0, 0.1) is 0 Å². The second kappa shape index (κ2) is 6.37. The maximum atomic E-state index is 10.2. The highest BCUT2D eigenvalue weighted by Crippen LogP contribution is 2.22. The molecule has 1 unspecified atom stereocenters. The van der Waals surface area contributed by atoms with Gasteiger partial charge in [-0.1, -0.05) is 12.1 Å². The molecule has 1 aromatic carbocycles. The van der Waals surface area contributed by atoms with E-state index in [1.807, 2.05) is 24.3 Å². The first-order valence-corrected chi connectivity index (χ1v) is 6.78. The lowest BCUT2D eigenvalue weighted by Crippen LogP contribution is -2.48. The van der Waals surface area contributed by atoms with Crippen molar-refractivity contribution in [3.8, 4) is 5.75 Å². The zero-order valence-corrected chi connectivity index (χ0v) is 11.7. The van der Waals surface area contributed by atoms with E-state index in [1.165, 1.54) is 0 Å². The Morgan fingerprint density at radius 2 is 2.16 bits per heavy atom. The number of aliphatic hydroxyl groups excluding tert-OH is 1. The number of aliphatic hydroxyl groups is 1. The molecule has 2 N–H and O–H groups in total. The molecular weight excluding hydrogens is 242 g/mol. The topological polar surface area (TPSA) is 50.7 Å². The van der Waals surface area contributed by atoms with Crippen LogP contribution in [0.2, 0.25) is 0 Å². The van der Waals surface area contributed by atoms with Gasteiger partial charge in [-0.2, -0.15) is 0 Å². The van der Waals surface area contributed by atoms with Crippen LogP contribution in [0.3, 0.4) is 0 Å². The number of nitrogens with one attached hydrogen (secondary N) is 1. The Kier molecular flexibility index (Phi) is 4.80. The van der Waals surface area contributed by atoms with Gasteiger partial charge in [0.25, 0.3) is 0 Å². The van der Waals surface area contributed by atoms with Gasteiger partial charge in [0.05, 0.1) is 13.2 Å². The molecule has 0 radical (unpaired) electrons. The van der Waals surface area contributed by atoms with Gasteiger partial charge in [-0.3, -0.25) is 0 Å². The van der Waals surface area contributed by atoms with Crippen LogP contribution in [0.5, 0.6) is 5.75 Å². The zero-order chi connectivity index (χ0) is 13.7. The summed E-state index contributed by atoms with van der Waals surface area (Å²) in [5, 5.41) is 13.7. The summed E-state index contributed by atoms with van der Waals surface area (Å²) >= 11 is 0. The normalized spacial score (nSPS) is 19.9. The number of benzene rings is 1. The SMILES string of the molecule is COc1cccc(C(O)CNC2(C)CCOCC2)c1. The van der Waals surface area contributed by atoms with Crippen molar-refractivity contribution in [1.29, 1.82) is 0 Å².